The van der Waals surface area contributed by atoms with Gasteiger partial charge >= 0.3 is 0 Å². The first kappa shape index (κ1) is 20.2. The van der Waals surface area contributed by atoms with Gasteiger partial charge in [-0.25, -0.2) is 4.98 Å². The van der Waals surface area contributed by atoms with Crippen molar-refractivity contribution >= 4 is 23.6 Å². The summed E-state index contributed by atoms with van der Waals surface area (Å²) in [5, 5.41) is 3.70. The van der Waals surface area contributed by atoms with Crippen molar-refractivity contribution in [3.63, 3.8) is 0 Å². The molecule has 1 aromatic heterocycles. The fourth-order valence-corrected chi connectivity index (χ4v) is 3.74. The lowest BCUT2D eigenvalue weighted by Crippen LogP contribution is -2.42. The van der Waals surface area contributed by atoms with Crippen LogP contribution in [0.3, 0.4) is 0 Å². The van der Waals surface area contributed by atoms with Crippen molar-refractivity contribution < 1.29 is 14.3 Å². The summed E-state index contributed by atoms with van der Waals surface area (Å²) in [7, 11) is 0. The third kappa shape index (κ3) is 5.48. The van der Waals surface area contributed by atoms with Gasteiger partial charge in [0.25, 0.3) is 11.8 Å². The van der Waals surface area contributed by atoms with E-state index in [0.717, 1.165) is 17.9 Å². The topological polar surface area (TPSA) is 71.5 Å². The van der Waals surface area contributed by atoms with Gasteiger partial charge in [-0.15, -0.1) is 11.8 Å². The van der Waals surface area contributed by atoms with Crippen molar-refractivity contribution in [2.45, 2.75) is 17.9 Å². The van der Waals surface area contributed by atoms with Gasteiger partial charge in [-0.1, -0.05) is 18.2 Å². The Morgan fingerprint density at radius 3 is 2.64 bits per heavy atom. The summed E-state index contributed by atoms with van der Waals surface area (Å²) in [5.41, 5.74) is 0.666. The van der Waals surface area contributed by atoms with E-state index < -0.39 is 0 Å². The Morgan fingerprint density at radius 1 is 1.18 bits per heavy atom. The second kappa shape index (κ2) is 10.1. The van der Waals surface area contributed by atoms with E-state index >= 15 is 0 Å². The Labute approximate surface area is 169 Å². The minimum absolute atomic E-state index is 0.0137. The number of benzene rings is 1. The number of rotatable bonds is 7. The molecule has 3 rings (SSSR count). The third-order valence-electron chi connectivity index (χ3n) is 4.80. The molecule has 0 aliphatic carbocycles. The van der Waals surface area contributed by atoms with Crippen LogP contribution in [0.4, 0.5) is 0 Å². The molecule has 1 aliphatic rings. The molecule has 148 valence electrons. The number of likely N-dealkylation sites (tertiary alicyclic amines) is 1. The van der Waals surface area contributed by atoms with Gasteiger partial charge in [-0.05, 0) is 49.3 Å². The van der Waals surface area contributed by atoms with Crippen LogP contribution < -0.4 is 10.1 Å². The van der Waals surface area contributed by atoms with Crippen LogP contribution in [-0.4, -0.2) is 54.2 Å². The zero-order valence-corrected chi connectivity index (χ0v) is 16.8. The van der Waals surface area contributed by atoms with Crippen LogP contribution in [0.2, 0.25) is 0 Å². The van der Waals surface area contributed by atoms with Crippen LogP contribution in [0, 0.1) is 5.92 Å². The molecule has 0 atom stereocenters. The van der Waals surface area contributed by atoms with E-state index in [1.807, 2.05) is 47.6 Å². The number of thioether (sulfide) groups is 1. The fraction of sp³-hybridized carbons (Fsp3) is 0.381. The predicted octanol–water partition coefficient (Wildman–Crippen LogP) is 2.85. The first-order valence-electron chi connectivity index (χ1n) is 9.40. The molecule has 0 unspecified atom stereocenters. The minimum atomic E-state index is -0.123. The molecule has 1 aromatic carbocycles. The normalized spacial score (nSPS) is 14.5. The smallest absolute Gasteiger partial charge is 0.257 e. The Kier molecular flexibility index (Phi) is 7.31. The minimum Gasteiger partial charge on any atom is -0.484 e. The molecule has 7 heteroatoms. The molecule has 0 saturated carbocycles. The summed E-state index contributed by atoms with van der Waals surface area (Å²) >= 11 is 1.48. The van der Waals surface area contributed by atoms with E-state index in [1.54, 1.807) is 12.3 Å². The van der Waals surface area contributed by atoms with Gasteiger partial charge in [0.15, 0.2) is 6.61 Å². The van der Waals surface area contributed by atoms with E-state index in [2.05, 4.69) is 10.3 Å². The molecule has 6 nitrogen and oxygen atoms in total. The highest BCUT2D eigenvalue weighted by Gasteiger charge is 2.25. The van der Waals surface area contributed by atoms with E-state index in [-0.39, 0.29) is 18.4 Å². The maximum absolute atomic E-state index is 12.8. The standard InChI is InChI=1S/C21H25N3O3S/c1-28-20-18(8-5-11-22-20)21(26)24-12-9-16(10-13-24)14-23-19(25)15-27-17-6-3-2-4-7-17/h2-8,11,16H,9-10,12-15H2,1H3,(H,23,25). The number of para-hydroxylation sites is 1. The second-order valence-electron chi connectivity index (χ2n) is 6.70. The highest BCUT2D eigenvalue weighted by Crippen LogP contribution is 2.22. The van der Waals surface area contributed by atoms with Crippen molar-refractivity contribution in [2.24, 2.45) is 5.92 Å². The quantitative estimate of drug-likeness (QED) is 0.725. The zero-order chi connectivity index (χ0) is 19.8. The summed E-state index contributed by atoms with van der Waals surface area (Å²) in [6.45, 7) is 2.02. The number of hydrogen-bond donors (Lipinski definition) is 1. The van der Waals surface area contributed by atoms with Crippen molar-refractivity contribution in [3.05, 3.63) is 54.2 Å². The summed E-state index contributed by atoms with van der Waals surface area (Å²) in [6, 6.07) is 12.9. The molecule has 1 N–H and O–H groups in total. The molecular weight excluding hydrogens is 374 g/mol. The highest BCUT2D eigenvalue weighted by atomic mass is 32.2. The van der Waals surface area contributed by atoms with Crippen LogP contribution in [0.25, 0.3) is 0 Å². The summed E-state index contributed by atoms with van der Waals surface area (Å²) in [6.07, 6.45) is 5.38. The zero-order valence-electron chi connectivity index (χ0n) is 16.0. The first-order valence-corrected chi connectivity index (χ1v) is 10.6. The lowest BCUT2D eigenvalue weighted by molar-refractivity contribution is -0.123. The van der Waals surface area contributed by atoms with Crippen molar-refractivity contribution in [3.8, 4) is 5.75 Å². The molecule has 1 saturated heterocycles. The monoisotopic (exact) mass is 399 g/mol. The first-order chi connectivity index (χ1) is 13.7. The van der Waals surface area contributed by atoms with Gasteiger partial charge in [0.1, 0.15) is 10.8 Å². The predicted molar refractivity (Wildman–Crippen MR) is 110 cm³/mol. The molecule has 0 spiro atoms. The number of amides is 2. The van der Waals surface area contributed by atoms with Gasteiger partial charge in [0.2, 0.25) is 0 Å². The average Bonchev–Trinajstić information content (AvgIpc) is 2.76. The van der Waals surface area contributed by atoms with Crippen molar-refractivity contribution in [2.75, 3.05) is 32.5 Å². The van der Waals surface area contributed by atoms with E-state index in [9.17, 15) is 9.59 Å². The number of aromatic nitrogens is 1. The molecule has 2 amide bonds. The van der Waals surface area contributed by atoms with Gasteiger partial charge in [0, 0.05) is 25.8 Å². The Hall–Kier alpha value is -2.54. The molecular formula is C21H25N3O3S. The third-order valence-corrected chi connectivity index (χ3v) is 5.51. The van der Waals surface area contributed by atoms with Gasteiger partial charge in [-0.2, -0.15) is 0 Å². The largest absolute Gasteiger partial charge is 0.484 e. The molecule has 1 fully saturated rings. The van der Waals surface area contributed by atoms with E-state index in [1.165, 1.54) is 11.8 Å². The molecule has 0 radical (unpaired) electrons. The number of hydrogen-bond acceptors (Lipinski definition) is 5. The maximum atomic E-state index is 12.8. The molecule has 2 aromatic rings. The maximum Gasteiger partial charge on any atom is 0.257 e. The lowest BCUT2D eigenvalue weighted by Gasteiger charge is -2.32. The van der Waals surface area contributed by atoms with Gasteiger partial charge in [0.05, 0.1) is 5.56 Å². The fourth-order valence-electron chi connectivity index (χ4n) is 3.20. The number of nitrogens with zero attached hydrogens (tertiary/aromatic N) is 2. The van der Waals surface area contributed by atoms with Crippen LogP contribution in [0.5, 0.6) is 5.75 Å². The Morgan fingerprint density at radius 2 is 1.93 bits per heavy atom. The van der Waals surface area contributed by atoms with Crippen LogP contribution in [-0.2, 0) is 4.79 Å². The van der Waals surface area contributed by atoms with E-state index in [4.69, 9.17) is 4.74 Å². The molecule has 1 aliphatic heterocycles. The van der Waals surface area contributed by atoms with E-state index in [0.29, 0.717) is 36.9 Å². The number of pyridine rings is 1. The molecule has 2 heterocycles. The molecule has 28 heavy (non-hydrogen) atoms. The summed E-state index contributed by atoms with van der Waals surface area (Å²) < 4.78 is 5.45. The highest BCUT2D eigenvalue weighted by molar-refractivity contribution is 7.98. The van der Waals surface area contributed by atoms with Crippen LogP contribution in [0.15, 0.2) is 53.7 Å². The van der Waals surface area contributed by atoms with Crippen molar-refractivity contribution in [1.82, 2.24) is 15.2 Å². The number of carbonyl (C=O) groups is 2. The van der Waals surface area contributed by atoms with Crippen LogP contribution in [0.1, 0.15) is 23.2 Å². The molecule has 0 bridgehead atoms. The summed E-state index contributed by atoms with van der Waals surface area (Å²) in [5.74, 6) is 0.974. The number of ether oxygens (including phenoxy) is 1. The average molecular weight is 400 g/mol. The lowest BCUT2D eigenvalue weighted by atomic mass is 9.96. The number of carbonyl (C=O) groups excluding carboxylic acids is 2. The Bertz CT molecular complexity index is 792. The number of nitrogens with one attached hydrogen (secondary N) is 1. The SMILES string of the molecule is CSc1ncccc1C(=O)N1CCC(CNC(=O)COc2ccccc2)CC1. The van der Waals surface area contributed by atoms with Gasteiger partial charge in [-0.3, -0.25) is 9.59 Å². The van der Waals surface area contributed by atoms with Crippen LogP contribution >= 0.6 is 11.8 Å². The van der Waals surface area contributed by atoms with Gasteiger partial charge < -0.3 is 15.0 Å². The second-order valence-corrected chi connectivity index (χ2v) is 7.50. The van der Waals surface area contributed by atoms with Crippen molar-refractivity contribution in [1.29, 1.82) is 0 Å². The number of piperidine rings is 1. The summed E-state index contributed by atoms with van der Waals surface area (Å²) in [4.78, 5) is 30.9. The Balaban J connectivity index is 1.40.